The van der Waals surface area contributed by atoms with Crippen LogP contribution in [0, 0.1) is 11.3 Å². The van der Waals surface area contributed by atoms with E-state index in [1.165, 1.54) is 20.8 Å². The van der Waals surface area contributed by atoms with Gasteiger partial charge in [-0.15, -0.1) is 11.6 Å². The fraction of sp³-hybridized carbons (Fsp3) is 0.700. The number of nitrogens with zero attached hydrogens (tertiary/aromatic N) is 2. The second-order valence-electron chi connectivity index (χ2n) is 3.88. The fourth-order valence-electron chi connectivity index (χ4n) is 1.16. The minimum atomic E-state index is -1.36. The molecule has 1 N–H and O–H groups in total. The number of rotatable bonds is 5. The minimum absolute atomic E-state index is 0.0612. The third-order valence-corrected chi connectivity index (χ3v) is 2.44. The van der Waals surface area contributed by atoms with Crippen LogP contribution in [0.1, 0.15) is 27.2 Å². The summed E-state index contributed by atoms with van der Waals surface area (Å²) < 4.78 is 0. The number of carbonyl (C=O) groups excluding carboxylic acids is 1. The van der Waals surface area contributed by atoms with E-state index in [9.17, 15) is 9.59 Å². The Kier molecular flexibility index (Phi) is 5.25. The molecular weight excluding hydrogens is 232 g/mol. The Hall–Kier alpha value is -1.28. The minimum Gasteiger partial charge on any atom is -0.480 e. The van der Waals surface area contributed by atoms with Gasteiger partial charge in [-0.1, -0.05) is 0 Å². The summed E-state index contributed by atoms with van der Waals surface area (Å²) in [4.78, 5) is 23.9. The van der Waals surface area contributed by atoms with Crippen molar-refractivity contribution in [3.63, 3.8) is 0 Å². The van der Waals surface area contributed by atoms with E-state index in [1.807, 2.05) is 6.07 Å². The van der Waals surface area contributed by atoms with Crippen LogP contribution >= 0.6 is 11.6 Å². The Morgan fingerprint density at radius 2 is 2.06 bits per heavy atom. The molecule has 5 nitrogen and oxygen atoms in total. The van der Waals surface area contributed by atoms with E-state index < -0.39 is 22.8 Å². The predicted octanol–water partition coefficient (Wildman–Crippen LogP) is 1.22. The van der Waals surface area contributed by atoms with Crippen LogP contribution in [0.5, 0.6) is 0 Å². The number of carboxylic acid groups (broad SMARTS) is 1. The zero-order valence-electron chi connectivity index (χ0n) is 9.53. The molecule has 0 heterocycles. The summed E-state index contributed by atoms with van der Waals surface area (Å²) in [6.07, 6.45) is 0.0755. The van der Waals surface area contributed by atoms with E-state index in [0.717, 1.165) is 4.90 Å². The highest BCUT2D eigenvalue weighted by Crippen LogP contribution is 2.18. The van der Waals surface area contributed by atoms with E-state index >= 15 is 0 Å². The van der Waals surface area contributed by atoms with Crippen LogP contribution in [0.2, 0.25) is 0 Å². The molecule has 0 aliphatic heterocycles. The van der Waals surface area contributed by atoms with Gasteiger partial charge in [0.1, 0.15) is 10.9 Å². The van der Waals surface area contributed by atoms with Crippen molar-refractivity contribution in [1.29, 1.82) is 5.26 Å². The van der Waals surface area contributed by atoms with Crippen LogP contribution in [-0.2, 0) is 9.59 Å². The molecule has 0 aromatic heterocycles. The van der Waals surface area contributed by atoms with Gasteiger partial charge in [-0.2, -0.15) is 5.26 Å². The van der Waals surface area contributed by atoms with Crippen molar-refractivity contribution in [1.82, 2.24) is 4.90 Å². The van der Waals surface area contributed by atoms with Crippen molar-refractivity contribution in [2.24, 2.45) is 0 Å². The highest BCUT2D eigenvalue weighted by Gasteiger charge is 2.38. The Morgan fingerprint density at radius 3 is 2.38 bits per heavy atom. The Labute approximate surface area is 99.6 Å². The number of nitriles is 1. The maximum atomic E-state index is 11.7. The third-order valence-electron chi connectivity index (χ3n) is 2.25. The van der Waals surface area contributed by atoms with Gasteiger partial charge in [0.05, 0.1) is 12.5 Å². The molecule has 0 aromatic carbocycles. The summed E-state index contributed by atoms with van der Waals surface area (Å²) in [5, 5.41) is 16.7. The highest BCUT2D eigenvalue weighted by molar-refractivity contribution is 6.30. The van der Waals surface area contributed by atoms with Crippen molar-refractivity contribution in [2.45, 2.75) is 38.1 Å². The van der Waals surface area contributed by atoms with Crippen molar-refractivity contribution < 1.29 is 14.7 Å². The highest BCUT2D eigenvalue weighted by atomic mass is 35.5. The Bertz CT molecular complexity index is 321. The van der Waals surface area contributed by atoms with Crippen LogP contribution in [0.15, 0.2) is 0 Å². The van der Waals surface area contributed by atoms with Gasteiger partial charge in [0.25, 0.3) is 0 Å². The summed E-state index contributed by atoms with van der Waals surface area (Å²) in [6.45, 7) is 4.35. The number of halogens is 1. The first kappa shape index (κ1) is 14.7. The molecule has 90 valence electrons. The van der Waals surface area contributed by atoms with Gasteiger partial charge in [-0.3, -0.25) is 4.79 Å². The molecule has 1 amide bonds. The van der Waals surface area contributed by atoms with Gasteiger partial charge in [-0.05, 0) is 20.8 Å². The summed E-state index contributed by atoms with van der Waals surface area (Å²) in [6, 6.07) is 1.87. The molecule has 0 saturated carbocycles. The SMILES string of the molecule is CC(Cl)C(=O)N(CCC#N)C(C)(C)C(=O)O. The van der Waals surface area contributed by atoms with Gasteiger partial charge in [0.15, 0.2) is 0 Å². The van der Waals surface area contributed by atoms with Crippen molar-refractivity contribution >= 4 is 23.5 Å². The lowest BCUT2D eigenvalue weighted by Crippen LogP contribution is -2.55. The van der Waals surface area contributed by atoms with E-state index in [2.05, 4.69) is 0 Å². The lowest BCUT2D eigenvalue weighted by atomic mass is 10.0. The molecule has 0 fully saturated rings. The average molecular weight is 247 g/mol. The van der Waals surface area contributed by atoms with Crippen LogP contribution in [0.4, 0.5) is 0 Å². The number of amides is 1. The normalized spacial score (nSPS) is 12.7. The lowest BCUT2D eigenvalue weighted by molar-refractivity contribution is -0.156. The van der Waals surface area contributed by atoms with Gasteiger partial charge < -0.3 is 10.0 Å². The first-order chi connectivity index (χ1) is 7.25. The molecule has 0 rings (SSSR count). The van der Waals surface area contributed by atoms with E-state index in [0.29, 0.717) is 0 Å². The molecule has 1 unspecified atom stereocenters. The molecule has 0 aliphatic carbocycles. The topological polar surface area (TPSA) is 81.4 Å². The second kappa shape index (κ2) is 5.71. The van der Waals surface area contributed by atoms with Gasteiger partial charge in [-0.25, -0.2) is 4.79 Å². The van der Waals surface area contributed by atoms with Crippen LogP contribution in [-0.4, -0.2) is 39.3 Å². The summed E-state index contributed by atoms with van der Waals surface area (Å²) in [5.41, 5.74) is -1.36. The maximum absolute atomic E-state index is 11.7. The summed E-state index contributed by atoms with van der Waals surface area (Å²) in [5.74, 6) is -1.61. The average Bonchev–Trinajstić information content (AvgIpc) is 2.17. The zero-order chi connectivity index (χ0) is 12.9. The van der Waals surface area contributed by atoms with Crippen LogP contribution < -0.4 is 0 Å². The molecule has 0 bridgehead atoms. The number of hydrogen-bond acceptors (Lipinski definition) is 3. The molecule has 16 heavy (non-hydrogen) atoms. The standard InChI is InChI=1S/C10H15ClN2O3/c1-7(11)8(14)13(6-4-5-12)10(2,3)9(15)16/h7H,4,6H2,1-3H3,(H,15,16). The number of carbonyl (C=O) groups is 2. The van der Waals surface area contributed by atoms with E-state index in [4.69, 9.17) is 22.0 Å². The quantitative estimate of drug-likeness (QED) is 0.740. The van der Waals surface area contributed by atoms with Gasteiger partial charge in [0.2, 0.25) is 5.91 Å². The van der Waals surface area contributed by atoms with Gasteiger partial charge in [0, 0.05) is 6.54 Å². The second-order valence-corrected chi connectivity index (χ2v) is 4.53. The lowest BCUT2D eigenvalue weighted by Gasteiger charge is -2.35. The smallest absolute Gasteiger partial charge is 0.329 e. The molecule has 0 aliphatic rings. The molecule has 6 heteroatoms. The molecule has 1 atom stereocenters. The third kappa shape index (κ3) is 3.38. The molecule has 0 saturated heterocycles. The Morgan fingerprint density at radius 1 is 1.56 bits per heavy atom. The number of aliphatic carboxylic acids is 1. The first-order valence-electron chi connectivity index (χ1n) is 4.81. The molecule has 0 radical (unpaired) electrons. The largest absolute Gasteiger partial charge is 0.480 e. The van der Waals surface area contributed by atoms with E-state index in [-0.39, 0.29) is 13.0 Å². The van der Waals surface area contributed by atoms with Gasteiger partial charge >= 0.3 is 5.97 Å². The number of hydrogen-bond donors (Lipinski definition) is 1. The first-order valence-corrected chi connectivity index (χ1v) is 5.24. The zero-order valence-corrected chi connectivity index (χ0v) is 10.3. The van der Waals surface area contributed by atoms with Crippen molar-refractivity contribution in [3.05, 3.63) is 0 Å². The van der Waals surface area contributed by atoms with Crippen LogP contribution in [0.3, 0.4) is 0 Å². The van der Waals surface area contributed by atoms with Crippen molar-refractivity contribution in [3.8, 4) is 6.07 Å². The monoisotopic (exact) mass is 246 g/mol. The molecular formula is C10H15ClN2O3. The molecule has 0 aromatic rings. The maximum Gasteiger partial charge on any atom is 0.329 e. The summed E-state index contributed by atoms with van der Waals surface area (Å²) >= 11 is 5.65. The predicted molar refractivity (Wildman–Crippen MR) is 59.0 cm³/mol. The molecule has 0 spiro atoms. The van der Waals surface area contributed by atoms with Crippen LogP contribution in [0.25, 0.3) is 0 Å². The fourth-order valence-corrected chi connectivity index (χ4v) is 1.27. The Balaban J connectivity index is 5.02. The summed E-state index contributed by atoms with van der Waals surface area (Å²) in [7, 11) is 0. The number of alkyl halides is 1. The van der Waals surface area contributed by atoms with Crippen molar-refractivity contribution in [2.75, 3.05) is 6.54 Å². The van der Waals surface area contributed by atoms with E-state index in [1.54, 1.807) is 0 Å². The number of carboxylic acids is 1.